The van der Waals surface area contributed by atoms with Gasteiger partial charge in [0.1, 0.15) is 0 Å². The highest BCUT2D eigenvalue weighted by atomic mass is 16.3. The van der Waals surface area contributed by atoms with E-state index in [9.17, 15) is 9.90 Å². The lowest BCUT2D eigenvalue weighted by Crippen LogP contribution is -2.53. The van der Waals surface area contributed by atoms with Crippen LogP contribution >= 0.6 is 0 Å². The molecule has 0 radical (unpaired) electrons. The van der Waals surface area contributed by atoms with Gasteiger partial charge in [0.05, 0.1) is 12.1 Å². The van der Waals surface area contributed by atoms with Crippen LogP contribution in [0.4, 0.5) is 0 Å². The van der Waals surface area contributed by atoms with Gasteiger partial charge < -0.3 is 10.4 Å². The maximum atomic E-state index is 12.5. The quantitative estimate of drug-likeness (QED) is 0.891. The molecule has 0 saturated heterocycles. The van der Waals surface area contributed by atoms with Crippen molar-refractivity contribution < 1.29 is 9.90 Å². The van der Waals surface area contributed by atoms with Crippen LogP contribution in [0.5, 0.6) is 0 Å². The molecule has 0 aromatic heterocycles. The number of hydrogen-bond donors (Lipinski definition) is 2. The molecule has 3 nitrogen and oxygen atoms in total. The lowest BCUT2D eigenvalue weighted by molar-refractivity contribution is 0.0697. The Kier molecular flexibility index (Phi) is 4.48. The Bertz CT molecular complexity index is 478. The van der Waals surface area contributed by atoms with Gasteiger partial charge in [-0.15, -0.1) is 0 Å². The van der Waals surface area contributed by atoms with E-state index in [4.69, 9.17) is 0 Å². The van der Waals surface area contributed by atoms with E-state index in [1.54, 1.807) is 0 Å². The Balaban J connectivity index is 2.16. The van der Waals surface area contributed by atoms with Crippen molar-refractivity contribution in [2.75, 3.05) is 6.61 Å². The van der Waals surface area contributed by atoms with Crippen LogP contribution in [0, 0.1) is 19.8 Å². The van der Waals surface area contributed by atoms with Crippen LogP contribution in [0.1, 0.15) is 54.1 Å². The summed E-state index contributed by atoms with van der Waals surface area (Å²) in [7, 11) is 0. The molecule has 110 valence electrons. The van der Waals surface area contributed by atoms with E-state index in [1.165, 1.54) is 6.42 Å². The van der Waals surface area contributed by atoms with Crippen LogP contribution in [0.15, 0.2) is 18.2 Å². The molecular weight excluding hydrogens is 250 g/mol. The lowest BCUT2D eigenvalue weighted by atomic mass is 9.76. The first-order valence-electron chi connectivity index (χ1n) is 7.46. The van der Waals surface area contributed by atoms with Crippen molar-refractivity contribution in [1.29, 1.82) is 0 Å². The summed E-state index contributed by atoms with van der Waals surface area (Å²) in [6.45, 7) is 6.20. The van der Waals surface area contributed by atoms with Crippen molar-refractivity contribution in [3.63, 3.8) is 0 Å². The van der Waals surface area contributed by atoms with Crippen molar-refractivity contribution in [2.24, 2.45) is 5.92 Å². The van der Waals surface area contributed by atoms with Crippen molar-refractivity contribution >= 4 is 5.91 Å². The first-order chi connectivity index (χ1) is 9.44. The summed E-state index contributed by atoms with van der Waals surface area (Å²) in [5.74, 6) is 0.482. The van der Waals surface area contributed by atoms with Crippen molar-refractivity contribution in [3.05, 3.63) is 34.9 Å². The minimum absolute atomic E-state index is 0.0217. The van der Waals surface area contributed by atoms with Crippen molar-refractivity contribution in [1.82, 2.24) is 5.32 Å². The Hall–Kier alpha value is -1.35. The summed E-state index contributed by atoms with van der Waals surface area (Å²) >= 11 is 0. The smallest absolute Gasteiger partial charge is 0.251 e. The number of benzene rings is 1. The van der Waals surface area contributed by atoms with Gasteiger partial charge in [-0.25, -0.2) is 0 Å². The van der Waals surface area contributed by atoms with E-state index in [2.05, 4.69) is 18.3 Å². The largest absolute Gasteiger partial charge is 0.394 e. The van der Waals surface area contributed by atoms with Gasteiger partial charge in [-0.2, -0.15) is 0 Å². The monoisotopic (exact) mass is 275 g/mol. The molecule has 2 N–H and O–H groups in total. The van der Waals surface area contributed by atoms with Gasteiger partial charge >= 0.3 is 0 Å². The zero-order chi connectivity index (χ0) is 14.8. The molecule has 1 fully saturated rings. The molecule has 2 rings (SSSR count). The molecule has 1 aliphatic rings. The number of aliphatic hydroxyl groups excluding tert-OH is 1. The highest BCUT2D eigenvalue weighted by Crippen LogP contribution is 2.32. The fraction of sp³-hybridized carbons (Fsp3) is 0.588. The Labute approximate surface area is 121 Å². The van der Waals surface area contributed by atoms with Crippen molar-refractivity contribution in [3.8, 4) is 0 Å². The van der Waals surface area contributed by atoms with Gasteiger partial charge in [0.15, 0.2) is 0 Å². The van der Waals surface area contributed by atoms with E-state index in [0.29, 0.717) is 11.5 Å². The lowest BCUT2D eigenvalue weighted by Gasteiger charge is -2.39. The standard InChI is InChI=1S/C17H25NO2/c1-12-5-4-6-17(10-12,11-19)18-16(20)15-8-13(2)7-14(3)9-15/h7-9,12,19H,4-6,10-11H2,1-3H3,(H,18,20). The third-order valence-electron chi connectivity index (χ3n) is 4.26. The predicted molar refractivity (Wildman–Crippen MR) is 80.8 cm³/mol. The van der Waals surface area contributed by atoms with Crippen LogP contribution in [0.3, 0.4) is 0 Å². The van der Waals surface area contributed by atoms with E-state index < -0.39 is 5.54 Å². The van der Waals surface area contributed by atoms with Crippen molar-refractivity contribution in [2.45, 2.75) is 52.0 Å². The number of rotatable bonds is 3. The second-order valence-electron chi connectivity index (χ2n) is 6.47. The molecular formula is C17H25NO2. The zero-order valence-electron chi connectivity index (χ0n) is 12.7. The SMILES string of the molecule is Cc1cc(C)cc(C(=O)NC2(CO)CCCC(C)C2)c1. The minimum atomic E-state index is -0.438. The van der Waals surface area contributed by atoms with Crippen LogP contribution in [-0.4, -0.2) is 23.2 Å². The second kappa shape index (κ2) is 5.96. The normalized spacial score (nSPS) is 26.3. The van der Waals surface area contributed by atoms with Gasteiger partial charge in [0.25, 0.3) is 5.91 Å². The van der Waals surface area contributed by atoms with E-state index in [1.807, 2.05) is 26.0 Å². The average molecular weight is 275 g/mol. The third-order valence-corrected chi connectivity index (χ3v) is 4.26. The molecule has 2 unspecified atom stereocenters. The molecule has 1 saturated carbocycles. The van der Waals surface area contributed by atoms with Crippen LogP contribution in [0.25, 0.3) is 0 Å². The Morgan fingerprint density at radius 1 is 1.35 bits per heavy atom. The number of nitrogens with one attached hydrogen (secondary N) is 1. The van der Waals surface area contributed by atoms with E-state index >= 15 is 0 Å². The Morgan fingerprint density at radius 3 is 2.55 bits per heavy atom. The third kappa shape index (κ3) is 3.40. The minimum Gasteiger partial charge on any atom is -0.394 e. The summed E-state index contributed by atoms with van der Waals surface area (Å²) < 4.78 is 0. The summed E-state index contributed by atoms with van der Waals surface area (Å²) in [5.41, 5.74) is 2.43. The number of hydrogen-bond acceptors (Lipinski definition) is 2. The molecule has 2 atom stereocenters. The van der Waals surface area contributed by atoms with E-state index in [0.717, 1.165) is 30.4 Å². The van der Waals surface area contributed by atoms with Crippen LogP contribution < -0.4 is 5.32 Å². The van der Waals surface area contributed by atoms with Gasteiger partial charge in [-0.1, -0.05) is 37.0 Å². The van der Waals surface area contributed by atoms with E-state index in [-0.39, 0.29) is 12.5 Å². The summed E-state index contributed by atoms with van der Waals surface area (Å²) in [5, 5.41) is 12.8. The zero-order valence-corrected chi connectivity index (χ0v) is 12.7. The molecule has 20 heavy (non-hydrogen) atoms. The first kappa shape index (κ1) is 15.0. The molecule has 0 aliphatic heterocycles. The highest BCUT2D eigenvalue weighted by Gasteiger charge is 2.35. The molecule has 0 bridgehead atoms. The first-order valence-corrected chi connectivity index (χ1v) is 7.46. The molecule has 0 spiro atoms. The number of amides is 1. The predicted octanol–water partition coefficient (Wildman–Crippen LogP) is 2.97. The van der Waals surface area contributed by atoms with Gasteiger partial charge in [0, 0.05) is 5.56 Å². The summed E-state index contributed by atoms with van der Waals surface area (Å²) in [6.07, 6.45) is 3.97. The molecule has 3 heteroatoms. The Morgan fingerprint density at radius 2 is 2.00 bits per heavy atom. The number of aliphatic hydroxyl groups is 1. The second-order valence-corrected chi connectivity index (χ2v) is 6.47. The van der Waals surface area contributed by atoms with Crippen LogP contribution in [0.2, 0.25) is 0 Å². The van der Waals surface area contributed by atoms with Crippen LogP contribution in [-0.2, 0) is 0 Å². The molecule has 1 aromatic rings. The maximum Gasteiger partial charge on any atom is 0.251 e. The fourth-order valence-electron chi connectivity index (χ4n) is 3.38. The number of aryl methyl sites for hydroxylation is 2. The van der Waals surface area contributed by atoms with Gasteiger partial charge in [-0.3, -0.25) is 4.79 Å². The average Bonchev–Trinajstić information content (AvgIpc) is 2.37. The summed E-state index contributed by atoms with van der Waals surface area (Å²) in [6, 6.07) is 5.86. The maximum absolute atomic E-state index is 12.5. The summed E-state index contributed by atoms with van der Waals surface area (Å²) in [4.78, 5) is 12.5. The number of carbonyl (C=O) groups excluding carboxylic acids is 1. The van der Waals surface area contributed by atoms with Gasteiger partial charge in [0.2, 0.25) is 0 Å². The molecule has 1 amide bonds. The molecule has 1 aromatic carbocycles. The highest BCUT2D eigenvalue weighted by molar-refractivity contribution is 5.95. The molecule has 0 heterocycles. The fourth-order valence-corrected chi connectivity index (χ4v) is 3.38. The van der Waals surface area contributed by atoms with Gasteiger partial charge in [-0.05, 0) is 44.7 Å². The topological polar surface area (TPSA) is 49.3 Å². The number of carbonyl (C=O) groups is 1. The molecule has 1 aliphatic carbocycles.